The number of carbonyl (C=O) groups is 1. The first-order valence-electron chi connectivity index (χ1n) is 7.40. The van der Waals surface area contributed by atoms with Gasteiger partial charge in [0.05, 0.1) is 6.61 Å². The van der Waals surface area contributed by atoms with Gasteiger partial charge in [-0.2, -0.15) is 0 Å². The standard InChI is InChI=1S/C14H24N4O3/c1-11-12(2)18(14(21)15-11)4-3-13(20)17-7-5-16(6-8-17)9-10-19/h19H,3-10H2,1-2H3,(H,15,21). The molecule has 7 nitrogen and oxygen atoms in total. The lowest BCUT2D eigenvalue weighted by atomic mass is 10.2. The number of aromatic amines is 1. The predicted octanol–water partition coefficient (Wildman–Crippen LogP) is -0.680. The molecule has 1 aliphatic heterocycles. The zero-order chi connectivity index (χ0) is 15.4. The molecule has 2 heterocycles. The van der Waals surface area contributed by atoms with Crippen molar-refractivity contribution in [1.29, 1.82) is 0 Å². The molecule has 0 radical (unpaired) electrons. The largest absolute Gasteiger partial charge is 0.395 e. The van der Waals surface area contributed by atoms with Crippen LogP contribution >= 0.6 is 0 Å². The van der Waals surface area contributed by atoms with E-state index in [1.807, 2.05) is 18.7 Å². The van der Waals surface area contributed by atoms with Gasteiger partial charge in [-0.05, 0) is 13.8 Å². The zero-order valence-corrected chi connectivity index (χ0v) is 12.8. The van der Waals surface area contributed by atoms with Crippen molar-refractivity contribution in [3.8, 4) is 0 Å². The second kappa shape index (κ2) is 6.91. The summed E-state index contributed by atoms with van der Waals surface area (Å²) in [6, 6.07) is 0. The molecule has 7 heteroatoms. The molecular weight excluding hydrogens is 272 g/mol. The quantitative estimate of drug-likeness (QED) is 0.754. The molecule has 0 aliphatic carbocycles. The SMILES string of the molecule is Cc1[nH]c(=O)n(CCC(=O)N2CCN(CCO)CC2)c1C. The molecule has 0 atom stereocenters. The van der Waals surface area contributed by atoms with Gasteiger partial charge >= 0.3 is 5.69 Å². The molecule has 1 aromatic heterocycles. The Morgan fingerprint density at radius 3 is 2.38 bits per heavy atom. The van der Waals surface area contributed by atoms with E-state index in [1.165, 1.54) is 0 Å². The zero-order valence-electron chi connectivity index (χ0n) is 12.8. The van der Waals surface area contributed by atoms with E-state index in [0.29, 0.717) is 32.6 Å². The Kier molecular flexibility index (Phi) is 5.19. The smallest absolute Gasteiger partial charge is 0.325 e. The average molecular weight is 296 g/mol. The Hall–Kier alpha value is -1.60. The summed E-state index contributed by atoms with van der Waals surface area (Å²) in [5.74, 6) is 0.0869. The van der Waals surface area contributed by atoms with Crippen molar-refractivity contribution in [2.24, 2.45) is 0 Å². The summed E-state index contributed by atoms with van der Waals surface area (Å²) in [5.41, 5.74) is 1.59. The highest BCUT2D eigenvalue weighted by Crippen LogP contribution is 2.06. The van der Waals surface area contributed by atoms with Crippen LogP contribution in [0.4, 0.5) is 0 Å². The number of rotatable bonds is 5. The molecule has 1 saturated heterocycles. The number of hydrogen-bond donors (Lipinski definition) is 2. The molecule has 1 fully saturated rings. The van der Waals surface area contributed by atoms with E-state index in [0.717, 1.165) is 24.5 Å². The Labute approximate surface area is 124 Å². The highest BCUT2D eigenvalue weighted by atomic mass is 16.3. The van der Waals surface area contributed by atoms with E-state index < -0.39 is 0 Å². The third kappa shape index (κ3) is 3.74. The van der Waals surface area contributed by atoms with Gasteiger partial charge in [-0.1, -0.05) is 0 Å². The number of aliphatic hydroxyl groups is 1. The van der Waals surface area contributed by atoms with Crippen LogP contribution in [-0.4, -0.2) is 69.7 Å². The third-order valence-corrected chi connectivity index (χ3v) is 4.18. The molecule has 118 valence electrons. The lowest BCUT2D eigenvalue weighted by molar-refractivity contribution is -0.133. The van der Waals surface area contributed by atoms with Gasteiger partial charge < -0.3 is 15.0 Å². The fourth-order valence-corrected chi connectivity index (χ4v) is 2.67. The van der Waals surface area contributed by atoms with Crippen molar-refractivity contribution in [1.82, 2.24) is 19.4 Å². The number of hydrogen-bond acceptors (Lipinski definition) is 4. The number of amides is 1. The fourth-order valence-electron chi connectivity index (χ4n) is 2.67. The van der Waals surface area contributed by atoms with Gasteiger partial charge in [-0.15, -0.1) is 0 Å². The summed E-state index contributed by atoms with van der Waals surface area (Å²) in [7, 11) is 0. The lowest BCUT2D eigenvalue weighted by Crippen LogP contribution is -2.49. The topological polar surface area (TPSA) is 81.6 Å². The van der Waals surface area contributed by atoms with Crippen molar-refractivity contribution in [2.45, 2.75) is 26.8 Å². The number of aromatic nitrogens is 2. The first-order valence-corrected chi connectivity index (χ1v) is 7.40. The van der Waals surface area contributed by atoms with Crippen molar-refractivity contribution in [3.05, 3.63) is 21.9 Å². The number of aryl methyl sites for hydroxylation is 1. The normalized spacial score (nSPS) is 16.4. The van der Waals surface area contributed by atoms with Crippen LogP contribution in [0, 0.1) is 13.8 Å². The maximum absolute atomic E-state index is 12.2. The van der Waals surface area contributed by atoms with Gasteiger partial charge in [-0.3, -0.25) is 14.3 Å². The molecule has 2 N–H and O–H groups in total. The molecule has 2 rings (SSSR count). The number of imidazole rings is 1. The van der Waals surface area contributed by atoms with Crippen molar-refractivity contribution in [2.75, 3.05) is 39.3 Å². The van der Waals surface area contributed by atoms with Crippen LogP contribution in [0.1, 0.15) is 17.8 Å². The van der Waals surface area contributed by atoms with Crippen LogP contribution in [0.3, 0.4) is 0 Å². The molecule has 21 heavy (non-hydrogen) atoms. The Balaban J connectivity index is 1.84. The van der Waals surface area contributed by atoms with Gasteiger partial charge in [0, 0.05) is 57.1 Å². The minimum absolute atomic E-state index is 0.0869. The lowest BCUT2D eigenvalue weighted by Gasteiger charge is -2.34. The summed E-state index contributed by atoms with van der Waals surface area (Å²) < 4.78 is 1.62. The molecule has 0 saturated carbocycles. The Morgan fingerprint density at radius 1 is 1.19 bits per heavy atom. The minimum Gasteiger partial charge on any atom is -0.395 e. The summed E-state index contributed by atoms with van der Waals surface area (Å²) in [5, 5.41) is 8.90. The van der Waals surface area contributed by atoms with Crippen LogP contribution in [0.15, 0.2) is 4.79 Å². The number of nitrogens with one attached hydrogen (secondary N) is 1. The molecule has 0 aromatic carbocycles. The van der Waals surface area contributed by atoms with Gasteiger partial charge in [0.2, 0.25) is 5.91 Å². The number of carbonyl (C=O) groups excluding carboxylic acids is 1. The fraction of sp³-hybridized carbons (Fsp3) is 0.714. The van der Waals surface area contributed by atoms with E-state index in [4.69, 9.17) is 5.11 Å². The van der Waals surface area contributed by atoms with Gasteiger partial charge in [0.15, 0.2) is 0 Å². The van der Waals surface area contributed by atoms with Crippen LogP contribution < -0.4 is 5.69 Å². The summed E-state index contributed by atoms with van der Waals surface area (Å²) in [6.45, 7) is 7.97. The van der Waals surface area contributed by atoms with Crippen molar-refractivity contribution in [3.63, 3.8) is 0 Å². The monoisotopic (exact) mass is 296 g/mol. The second-order valence-corrected chi connectivity index (χ2v) is 5.49. The number of β-amino-alcohol motifs (C(OH)–C–C–N with tert-alkyl or cyclic N) is 1. The predicted molar refractivity (Wildman–Crippen MR) is 79.2 cm³/mol. The van der Waals surface area contributed by atoms with E-state index >= 15 is 0 Å². The first kappa shape index (κ1) is 15.8. The van der Waals surface area contributed by atoms with E-state index in [2.05, 4.69) is 9.88 Å². The molecule has 0 unspecified atom stereocenters. The summed E-state index contributed by atoms with van der Waals surface area (Å²) in [4.78, 5) is 30.7. The van der Waals surface area contributed by atoms with Crippen LogP contribution in [-0.2, 0) is 11.3 Å². The number of piperazine rings is 1. The van der Waals surface area contributed by atoms with Crippen LogP contribution in [0.2, 0.25) is 0 Å². The highest BCUT2D eigenvalue weighted by Gasteiger charge is 2.20. The average Bonchev–Trinajstić information content (AvgIpc) is 2.71. The van der Waals surface area contributed by atoms with Gasteiger partial charge in [-0.25, -0.2) is 4.79 Å². The van der Waals surface area contributed by atoms with E-state index in [-0.39, 0.29) is 18.2 Å². The van der Waals surface area contributed by atoms with Crippen LogP contribution in [0.25, 0.3) is 0 Å². The molecule has 1 aromatic rings. The maximum atomic E-state index is 12.2. The Morgan fingerprint density at radius 2 is 1.86 bits per heavy atom. The van der Waals surface area contributed by atoms with Crippen LogP contribution in [0.5, 0.6) is 0 Å². The van der Waals surface area contributed by atoms with Crippen molar-refractivity contribution < 1.29 is 9.90 Å². The van der Waals surface area contributed by atoms with Gasteiger partial charge in [0.25, 0.3) is 0 Å². The van der Waals surface area contributed by atoms with Crippen molar-refractivity contribution >= 4 is 5.91 Å². The number of nitrogens with zero attached hydrogens (tertiary/aromatic N) is 3. The molecule has 1 amide bonds. The van der Waals surface area contributed by atoms with Gasteiger partial charge in [0.1, 0.15) is 0 Å². The minimum atomic E-state index is -0.148. The van der Waals surface area contributed by atoms with E-state index in [9.17, 15) is 9.59 Å². The molecular formula is C14H24N4O3. The second-order valence-electron chi connectivity index (χ2n) is 5.49. The highest BCUT2D eigenvalue weighted by molar-refractivity contribution is 5.76. The maximum Gasteiger partial charge on any atom is 0.325 e. The molecule has 1 aliphatic rings. The molecule has 0 spiro atoms. The number of H-pyrrole nitrogens is 1. The summed E-state index contributed by atoms with van der Waals surface area (Å²) >= 11 is 0. The Bertz CT molecular complexity index is 541. The summed E-state index contributed by atoms with van der Waals surface area (Å²) in [6.07, 6.45) is 0.345. The molecule has 0 bridgehead atoms. The first-order chi connectivity index (χ1) is 10.0. The number of aliphatic hydroxyl groups excluding tert-OH is 1. The third-order valence-electron chi connectivity index (χ3n) is 4.18. The van der Waals surface area contributed by atoms with E-state index in [1.54, 1.807) is 4.57 Å².